The van der Waals surface area contributed by atoms with E-state index in [-0.39, 0.29) is 12.6 Å². The first-order chi connectivity index (χ1) is 12.1. The van der Waals surface area contributed by atoms with E-state index in [0.29, 0.717) is 11.7 Å². The maximum atomic E-state index is 9.32. The smallest absolute Gasteiger partial charge is 0.257 e. The standard InChI is InChI=1S/C20H23N3O2/c1-4-19-22-20(25-23-19)17-9-8-13(2)18(11-17)21-14(3)16-7-5-6-15(10-16)12-24/h5-11,14,21,24H,4,12H2,1-3H3. The van der Waals surface area contributed by atoms with Gasteiger partial charge in [-0.3, -0.25) is 0 Å². The van der Waals surface area contributed by atoms with E-state index >= 15 is 0 Å². The summed E-state index contributed by atoms with van der Waals surface area (Å²) in [5.41, 5.74) is 5.10. The molecule has 0 bridgehead atoms. The van der Waals surface area contributed by atoms with Crippen LogP contribution in [0.5, 0.6) is 0 Å². The number of hydrogen-bond donors (Lipinski definition) is 2. The molecule has 0 aliphatic heterocycles. The van der Waals surface area contributed by atoms with Crippen LogP contribution in [0.1, 0.15) is 42.4 Å². The molecule has 0 saturated carbocycles. The fourth-order valence-corrected chi connectivity index (χ4v) is 2.70. The molecule has 0 aliphatic carbocycles. The number of anilines is 1. The number of aliphatic hydroxyl groups excluding tert-OH is 1. The molecule has 0 saturated heterocycles. The first kappa shape index (κ1) is 17.2. The van der Waals surface area contributed by atoms with Crippen molar-refractivity contribution in [3.63, 3.8) is 0 Å². The summed E-state index contributed by atoms with van der Waals surface area (Å²) >= 11 is 0. The van der Waals surface area contributed by atoms with Crippen molar-refractivity contribution >= 4 is 5.69 Å². The Kier molecular flexibility index (Phi) is 5.14. The minimum Gasteiger partial charge on any atom is -0.392 e. The van der Waals surface area contributed by atoms with Crippen LogP contribution in [0, 0.1) is 6.92 Å². The highest BCUT2D eigenvalue weighted by Crippen LogP contribution is 2.28. The first-order valence-electron chi connectivity index (χ1n) is 8.50. The van der Waals surface area contributed by atoms with E-state index in [4.69, 9.17) is 4.52 Å². The molecule has 3 rings (SSSR count). The summed E-state index contributed by atoms with van der Waals surface area (Å²) in [5.74, 6) is 1.24. The number of rotatable bonds is 6. The number of aryl methyl sites for hydroxylation is 2. The van der Waals surface area contributed by atoms with Crippen LogP contribution in [0.15, 0.2) is 47.0 Å². The molecule has 3 aromatic rings. The third-order valence-corrected chi connectivity index (χ3v) is 4.27. The number of aliphatic hydroxyl groups is 1. The van der Waals surface area contributed by atoms with Gasteiger partial charge < -0.3 is 14.9 Å². The van der Waals surface area contributed by atoms with Crippen molar-refractivity contribution in [3.05, 3.63) is 65.0 Å². The molecule has 1 unspecified atom stereocenters. The van der Waals surface area contributed by atoms with Gasteiger partial charge in [-0.05, 0) is 42.7 Å². The molecule has 1 heterocycles. The van der Waals surface area contributed by atoms with Crippen LogP contribution >= 0.6 is 0 Å². The molecule has 5 nitrogen and oxygen atoms in total. The molecule has 0 fully saturated rings. The molecule has 2 aromatic carbocycles. The normalized spacial score (nSPS) is 12.2. The molecule has 0 amide bonds. The Morgan fingerprint density at radius 3 is 2.76 bits per heavy atom. The van der Waals surface area contributed by atoms with E-state index in [1.807, 2.05) is 43.3 Å². The van der Waals surface area contributed by atoms with Gasteiger partial charge in [0, 0.05) is 23.7 Å². The van der Waals surface area contributed by atoms with Crippen LogP contribution in [0.25, 0.3) is 11.5 Å². The summed E-state index contributed by atoms with van der Waals surface area (Å²) in [6, 6.07) is 14.1. The zero-order valence-corrected chi connectivity index (χ0v) is 14.8. The van der Waals surface area contributed by atoms with Crippen LogP contribution in [0.2, 0.25) is 0 Å². The quantitative estimate of drug-likeness (QED) is 0.703. The number of nitrogens with one attached hydrogen (secondary N) is 1. The van der Waals surface area contributed by atoms with Crippen LogP contribution < -0.4 is 5.32 Å². The molecule has 0 radical (unpaired) electrons. The minimum absolute atomic E-state index is 0.0476. The fraction of sp³-hybridized carbons (Fsp3) is 0.300. The van der Waals surface area contributed by atoms with Gasteiger partial charge in [-0.1, -0.05) is 42.4 Å². The number of hydrogen-bond acceptors (Lipinski definition) is 5. The van der Waals surface area contributed by atoms with E-state index in [9.17, 15) is 5.11 Å². The molecule has 130 valence electrons. The molecule has 1 atom stereocenters. The van der Waals surface area contributed by atoms with Gasteiger partial charge in [0.15, 0.2) is 5.82 Å². The summed E-state index contributed by atoms with van der Waals surface area (Å²) in [6.45, 7) is 6.21. The lowest BCUT2D eigenvalue weighted by atomic mass is 10.0. The summed E-state index contributed by atoms with van der Waals surface area (Å²) < 4.78 is 5.34. The van der Waals surface area contributed by atoms with Crippen molar-refractivity contribution < 1.29 is 9.63 Å². The monoisotopic (exact) mass is 337 g/mol. The Morgan fingerprint density at radius 1 is 1.20 bits per heavy atom. The molecule has 25 heavy (non-hydrogen) atoms. The molecular formula is C20H23N3O2. The van der Waals surface area contributed by atoms with Gasteiger partial charge in [0.05, 0.1) is 6.61 Å². The van der Waals surface area contributed by atoms with Crippen LogP contribution in [-0.4, -0.2) is 15.2 Å². The van der Waals surface area contributed by atoms with Crippen LogP contribution in [0.3, 0.4) is 0 Å². The van der Waals surface area contributed by atoms with Crippen molar-refractivity contribution in [1.29, 1.82) is 0 Å². The van der Waals surface area contributed by atoms with Crippen LogP contribution in [-0.2, 0) is 13.0 Å². The maximum Gasteiger partial charge on any atom is 0.257 e. The highest BCUT2D eigenvalue weighted by Gasteiger charge is 2.12. The molecule has 0 aliphatic rings. The highest BCUT2D eigenvalue weighted by atomic mass is 16.5. The molecular weight excluding hydrogens is 314 g/mol. The average molecular weight is 337 g/mol. The summed E-state index contributed by atoms with van der Waals surface area (Å²) in [4.78, 5) is 4.40. The number of benzene rings is 2. The second-order valence-corrected chi connectivity index (χ2v) is 6.17. The molecule has 2 N–H and O–H groups in total. The largest absolute Gasteiger partial charge is 0.392 e. The van der Waals surface area contributed by atoms with Crippen molar-refractivity contribution in [1.82, 2.24) is 10.1 Å². The van der Waals surface area contributed by atoms with E-state index < -0.39 is 0 Å². The van der Waals surface area contributed by atoms with Crippen molar-refractivity contribution in [2.75, 3.05) is 5.32 Å². The van der Waals surface area contributed by atoms with Crippen molar-refractivity contribution in [2.24, 2.45) is 0 Å². The van der Waals surface area contributed by atoms with Crippen molar-refractivity contribution in [3.8, 4) is 11.5 Å². The maximum absolute atomic E-state index is 9.32. The molecule has 1 aromatic heterocycles. The minimum atomic E-state index is 0.0476. The second-order valence-electron chi connectivity index (χ2n) is 6.17. The lowest BCUT2D eigenvalue weighted by Gasteiger charge is -2.18. The van der Waals surface area contributed by atoms with Crippen LogP contribution in [0.4, 0.5) is 5.69 Å². The van der Waals surface area contributed by atoms with Gasteiger partial charge >= 0.3 is 0 Å². The predicted molar refractivity (Wildman–Crippen MR) is 98.3 cm³/mol. The SMILES string of the molecule is CCc1noc(-c2ccc(C)c(NC(C)c3cccc(CO)c3)c2)n1. The number of aromatic nitrogens is 2. The van der Waals surface area contributed by atoms with Crippen molar-refractivity contribution in [2.45, 2.75) is 39.8 Å². The van der Waals surface area contributed by atoms with Gasteiger partial charge in [0.25, 0.3) is 5.89 Å². The Morgan fingerprint density at radius 2 is 2.04 bits per heavy atom. The van der Waals surface area contributed by atoms with Gasteiger partial charge in [0.2, 0.25) is 0 Å². The summed E-state index contributed by atoms with van der Waals surface area (Å²) in [6.07, 6.45) is 0.749. The van der Waals surface area contributed by atoms with E-state index in [1.165, 1.54) is 0 Å². The fourth-order valence-electron chi connectivity index (χ4n) is 2.70. The topological polar surface area (TPSA) is 71.2 Å². The Bertz CT molecular complexity index is 858. The van der Waals surface area contributed by atoms with Gasteiger partial charge in [-0.25, -0.2) is 0 Å². The molecule has 0 spiro atoms. The Labute approximate surface area is 147 Å². The van der Waals surface area contributed by atoms with Gasteiger partial charge in [-0.2, -0.15) is 4.98 Å². The Balaban J connectivity index is 1.85. The van der Waals surface area contributed by atoms with Gasteiger partial charge in [-0.15, -0.1) is 0 Å². The number of nitrogens with zero attached hydrogens (tertiary/aromatic N) is 2. The van der Waals surface area contributed by atoms with E-state index in [2.05, 4.69) is 35.4 Å². The Hall–Kier alpha value is -2.66. The first-order valence-corrected chi connectivity index (χ1v) is 8.50. The lowest BCUT2D eigenvalue weighted by molar-refractivity contribution is 0.281. The second kappa shape index (κ2) is 7.49. The summed E-state index contributed by atoms with van der Waals surface area (Å²) in [5, 5.41) is 16.8. The van der Waals surface area contributed by atoms with E-state index in [1.54, 1.807) is 0 Å². The average Bonchev–Trinajstić information content (AvgIpc) is 3.12. The van der Waals surface area contributed by atoms with E-state index in [0.717, 1.165) is 34.4 Å². The summed E-state index contributed by atoms with van der Waals surface area (Å²) in [7, 11) is 0. The predicted octanol–water partition coefficient (Wildman–Crippen LogP) is 4.27. The highest BCUT2D eigenvalue weighted by molar-refractivity contribution is 5.64. The third-order valence-electron chi connectivity index (χ3n) is 4.27. The zero-order valence-electron chi connectivity index (χ0n) is 14.8. The third kappa shape index (κ3) is 3.88. The molecule has 5 heteroatoms. The van der Waals surface area contributed by atoms with Gasteiger partial charge in [0.1, 0.15) is 0 Å². The lowest BCUT2D eigenvalue weighted by Crippen LogP contribution is -2.08. The zero-order chi connectivity index (χ0) is 17.8.